The number of rotatable bonds is 3. The summed E-state index contributed by atoms with van der Waals surface area (Å²) in [6.07, 6.45) is 1.78. The van der Waals surface area contributed by atoms with Gasteiger partial charge in [-0.25, -0.2) is 4.98 Å². The number of anilines is 1. The predicted octanol–water partition coefficient (Wildman–Crippen LogP) is 1.94. The average molecular weight is 173 g/mol. The van der Waals surface area contributed by atoms with Crippen molar-refractivity contribution in [2.75, 3.05) is 5.32 Å². The van der Waals surface area contributed by atoms with E-state index in [1.165, 1.54) is 0 Å². The molecule has 0 spiro atoms. The van der Waals surface area contributed by atoms with E-state index in [0.29, 0.717) is 11.5 Å². The van der Waals surface area contributed by atoms with Gasteiger partial charge in [0.15, 0.2) is 0 Å². The standard InChI is InChI=1S/C10H11N3/c1-3-8(2)12-10-6-4-5-9(7-11)13-10/h3-6,8H,1H2,2H3,(H,12,13). The van der Waals surface area contributed by atoms with E-state index in [2.05, 4.69) is 16.9 Å². The van der Waals surface area contributed by atoms with Crippen LogP contribution in [0.15, 0.2) is 30.9 Å². The van der Waals surface area contributed by atoms with Gasteiger partial charge in [-0.2, -0.15) is 5.26 Å². The first-order valence-electron chi connectivity index (χ1n) is 4.02. The Morgan fingerprint density at radius 3 is 3.08 bits per heavy atom. The Hall–Kier alpha value is -1.82. The number of nitrogens with one attached hydrogen (secondary N) is 1. The molecular weight excluding hydrogens is 162 g/mol. The van der Waals surface area contributed by atoms with E-state index in [1.807, 2.05) is 19.1 Å². The molecule has 1 N–H and O–H groups in total. The summed E-state index contributed by atoms with van der Waals surface area (Å²) in [6.45, 7) is 5.61. The van der Waals surface area contributed by atoms with Crippen LogP contribution in [0.2, 0.25) is 0 Å². The van der Waals surface area contributed by atoms with Crippen molar-refractivity contribution in [3.8, 4) is 6.07 Å². The van der Waals surface area contributed by atoms with Gasteiger partial charge in [0.2, 0.25) is 0 Å². The van der Waals surface area contributed by atoms with Crippen LogP contribution in [0.25, 0.3) is 0 Å². The van der Waals surface area contributed by atoms with Crippen LogP contribution in [0.4, 0.5) is 5.82 Å². The molecule has 1 rings (SSSR count). The normalized spacial score (nSPS) is 11.4. The maximum absolute atomic E-state index is 8.59. The summed E-state index contributed by atoms with van der Waals surface area (Å²) in [5, 5.41) is 11.7. The summed E-state index contributed by atoms with van der Waals surface area (Å²) in [4.78, 5) is 4.06. The van der Waals surface area contributed by atoms with Crippen molar-refractivity contribution in [1.29, 1.82) is 5.26 Å². The van der Waals surface area contributed by atoms with Crippen molar-refractivity contribution in [2.24, 2.45) is 0 Å². The third kappa shape index (κ3) is 2.60. The molecule has 3 heteroatoms. The Kier molecular flexibility index (Phi) is 3.04. The number of pyridine rings is 1. The second kappa shape index (κ2) is 4.27. The zero-order valence-corrected chi connectivity index (χ0v) is 7.49. The van der Waals surface area contributed by atoms with Gasteiger partial charge in [0.1, 0.15) is 17.6 Å². The minimum atomic E-state index is 0.154. The van der Waals surface area contributed by atoms with Gasteiger partial charge in [0, 0.05) is 6.04 Å². The molecule has 0 bridgehead atoms. The third-order valence-corrected chi connectivity index (χ3v) is 1.59. The highest BCUT2D eigenvalue weighted by Crippen LogP contribution is 2.05. The van der Waals surface area contributed by atoms with Crippen molar-refractivity contribution >= 4 is 5.82 Å². The van der Waals surface area contributed by atoms with Gasteiger partial charge < -0.3 is 5.32 Å². The molecular formula is C10H11N3. The van der Waals surface area contributed by atoms with Crippen LogP contribution >= 0.6 is 0 Å². The second-order valence-electron chi connectivity index (χ2n) is 2.69. The van der Waals surface area contributed by atoms with E-state index in [4.69, 9.17) is 5.26 Å². The molecule has 0 aliphatic heterocycles. The van der Waals surface area contributed by atoms with Crippen LogP contribution in [0.5, 0.6) is 0 Å². The molecule has 0 saturated heterocycles. The lowest BCUT2D eigenvalue weighted by atomic mass is 10.3. The number of nitriles is 1. The molecule has 1 unspecified atom stereocenters. The van der Waals surface area contributed by atoms with Gasteiger partial charge in [-0.05, 0) is 19.1 Å². The largest absolute Gasteiger partial charge is 0.364 e. The van der Waals surface area contributed by atoms with Crippen LogP contribution in [-0.2, 0) is 0 Å². The van der Waals surface area contributed by atoms with Crippen LogP contribution in [0, 0.1) is 11.3 Å². The molecule has 13 heavy (non-hydrogen) atoms. The molecule has 0 saturated carbocycles. The average Bonchev–Trinajstić information content (AvgIpc) is 2.18. The first-order chi connectivity index (χ1) is 6.26. The van der Waals surface area contributed by atoms with E-state index >= 15 is 0 Å². The molecule has 0 amide bonds. The first-order valence-corrected chi connectivity index (χ1v) is 4.02. The third-order valence-electron chi connectivity index (χ3n) is 1.59. The summed E-state index contributed by atoms with van der Waals surface area (Å²) in [5.74, 6) is 0.700. The Morgan fingerprint density at radius 2 is 2.46 bits per heavy atom. The highest BCUT2D eigenvalue weighted by atomic mass is 15.0. The number of hydrogen-bond donors (Lipinski definition) is 1. The highest BCUT2D eigenvalue weighted by Gasteiger charge is 1.98. The quantitative estimate of drug-likeness (QED) is 0.710. The summed E-state index contributed by atoms with van der Waals surface area (Å²) in [7, 11) is 0. The monoisotopic (exact) mass is 173 g/mol. The minimum Gasteiger partial charge on any atom is -0.364 e. The maximum atomic E-state index is 8.59. The van der Waals surface area contributed by atoms with Crippen LogP contribution < -0.4 is 5.32 Å². The van der Waals surface area contributed by atoms with Gasteiger partial charge in [0.05, 0.1) is 0 Å². The molecule has 1 heterocycles. The van der Waals surface area contributed by atoms with Crippen LogP contribution in [0.1, 0.15) is 12.6 Å². The van der Waals surface area contributed by atoms with E-state index in [9.17, 15) is 0 Å². The lowest BCUT2D eigenvalue weighted by molar-refractivity contribution is 0.982. The highest BCUT2D eigenvalue weighted by molar-refractivity contribution is 5.39. The first kappa shape index (κ1) is 9.27. The van der Waals surface area contributed by atoms with E-state index < -0.39 is 0 Å². The number of hydrogen-bond acceptors (Lipinski definition) is 3. The molecule has 0 fully saturated rings. The fourth-order valence-corrected chi connectivity index (χ4v) is 0.870. The molecule has 0 aliphatic carbocycles. The number of nitrogens with zero attached hydrogens (tertiary/aromatic N) is 2. The summed E-state index contributed by atoms with van der Waals surface area (Å²) >= 11 is 0. The van der Waals surface area contributed by atoms with Gasteiger partial charge >= 0.3 is 0 Å². The SMILES string of the molecule is C=CC(C)Nc1cccc(C#N)n1. The van der Waals surface area contributed by atoms with Gasteiger partial charge in [0.25, 0.3) is 0 Å². The van der Waals surface area contributed by atoms with Crippen LogP contribution in [-0.4, -0.2) is 11.0 Å². The Balaban J connectivity index is 2.78. The number of aromatic nitrogens is 1. The van der Waals surface area contributed by atoms with Gasteiger partial charge in [-0.1, -0.05) is 12.1 Å². The molecule has 0 aliphatic rings. The van der Waals surface area contributed by atoms with E-state index in [1.54, 1.807) is 18.2 Å². The maximum Gasteiger partial charge on any atom is 0.142 e. The molecule has 0 radical (unpaired) electrons. The van der Waals surface area contributed by atoms with Gasteiger partial charge in [-0.3, -0.25) is 0 Å². The van der Waals surface area contributed by atoms with Crippen molar-refractivity contribution in [3.05, 3.63) is 36.5 Å². The summed E-state index contributed by atoms with van der Waals surface area (Å²) < 4.78 is 0. The fraction of sp³-hybridized carbons (Fsp3) is 0.200. The Morgan fingerprint density at radius 1 is 1.69 bits per heavy atom. The topological polar surface area (TPSA) is 48.7 Å². The smallest absolute Gasteiger partial charge is 0.142 e. The van der Waals surface area contributed by atoms with E-state index in [0.717, 1.165) is 0 Å². The lowest BCUT2D eigenvalue weighted by Gasteiger charge is -2.08. The Bertz CT molecular complexity index is 338. The predicted molar refractivity (Wildman–Crippen MR) is 52.2 cm³/mol. The molecule has 1 atom stereocenters. The molecule has 0 aromatic carbocycles. The van der Waals surface area contributed by atoms with Gasteiger partial charge in [-0.15, -0.1) is 6.58 Å². The van der Waals surface area contributed by atoms with Crippen LogP contribution in [0.3, 0.4) is 0 Å². The molecule has 1 aromatic rings. The summed E-state index contributed by atoms with van der Waals surface area (Å²) in [6, 6.07) is 7.42. The minimum absolute atomic E-state index is 0.154. The van der Waals surface area contributed by atoms with Crippen molar-refractivity contribution in [3.63, 3.8) is 0 Å². The van der Waals surface area contributed by atoms with Crippen molar-refractivity contribution in [2.45, 2.75) is 13.0 Å². The molecule has 3 nitrogen and oxygen atoms in total. The van der Waals surface area contributed by atoms with Crippen molar-refractivity contribution < 1.29 is 0 Å². The molecule has 1 aromatic heterocycles. The fourth-order valence-electron chi connectivity index (χ4n) is 0.870. The van der Waals surface area contributed by atoms with Crippen molar-refractivity contribution in [1.82, 2.24) is 4.98 Å². The van der Waals surface area contributed by atoms with E-state index in [-0.39, 0.29) is 6.04 Å². The zero-order valence-electron chi connectivity index (χ0n) is 7.49. The second-order valence-corrected chi connectivity index (χ2v) is 2.69. The zero-order chi connectivity index (χ0) is 9.68. The lowest BCUT2D eigenvalue weighted by Crippen LogP contribution is -2.12. The molecule has 66 valence electrons. The Labute approximate surface area is 77.7 Å². The summed E-state index contributed by atoms with van der Waals surface area (Å²) in [5.41, 5.74) is 0.418.